The molecule has 0 bridgehead atoms. The van der Waals surface area contributed by atoms with E-state index in [1.807, 2.05) is 18.2 Å². The number of hydrogen-bond donors (Lipinski definition) is 0. The van der Waals surface area contributed by atoms with E-state index in [0.29, 0.717) is 0 Å². The van der Waals surface area contributed by atoms with Crippen LogP contribution >= 0.6 is 0 Å². The van der Waals surface area contributed by atoms with E-state index < -0.39 is 0 Å². The Bertz CT molecular complexity index is 9330. The van der Waals surface area contributed by atoms with Gasteiger partial charge in [-0.15, -0.1) is 0 Å². The third-order valence-electron chi connectivity index (χ3n) is 27.2. The SMILES string of the molecule is c1ccc(-c2ccc(N(c3ccccc3)c3cccc(-n4c5cccc6oc7ccccc7c7cccc4c7c65)c3)cc2)cc1.c1ccc(N(c2ccc(-n3c4cccc5oc6ccccc6c6cccc3c6c54)cc2)c2ccc3ccccc3c2)cc1.c1ccc(N(c2ccccc2)c2cc(N(c3ccccc3)c3ccccc3)cc(-n3c4cccc5oc6ccccc6c6cccc3c6c54)c2)cc1. The summed E-state index contributed by atoms with van der Waals surface area (Å²) in [4.78, 5) is 9.33. The molecule has 0 unspecified atom stereocenters. The minimum Gasteiger partial charge on any atom is -0.456 e. The van der Waals surface area contributed by atoms with E-state index in [1.54, 1.807) is 0 Å². The molecule has 0 atom stereocenters. The van der Waals surface area contributed by atoms with Crippen LogP contribution in [0.15, 0.2) is 541 Å². The van der Waals surface area contributed by atoms with Crippen molar-refractivity contribution in [3.63, 3.8) is 0 Å². The van der Waals surface area contributed by atoms with E-state index in [-0.39, 0.29) is 0 Å². The van der Waals surface area contributed by atoms with Crippen LogP contribution in [0.5, 0.6) is 0 Å². The van der Waals surface area contributed by atoms with Crippen molar-refractivity contribution >= 4 is 210 Å². The lowest BCUT2D eigenvalue weighted by atomic mass is 10.0. The van der Waals surface area contributed by atoms with Gasteiger partial charge in [0.05, 0.1) is 66.3 Å². The smallest absolute Gasteiger partial charge is 0.137 e. The highest BCUT2D eigenvalue weighted by atomic mass is 16.3. The van der Waals surface area contributed by atoms with Crippen molar-refractivity contribution in [3.8, 4) is 28.2 Å². The Balaban J connectivity index is 0.000000109. The van der Waals surface area contributed by atoms with Gasteiger partial charge in [0.2, 0.25) is 0 Å². The van der Waals surface area contributed by atoms with Gasteiger partial charge in [0.25, 0.3) is 0 Å². The second-order valence-electron chi connectivity index (χ2n) is 35.4. The lowest BCUT2D eigenvalue weighted by Crippen LogP contribution is -2.14. The summed E-state index contributed by atoms with van der Waals surface area (Å²) in [6.45, 7) is 0. The Labute approximate surface area is 807 Å². The van der Waals surface area contributed by atoms with E-state index in [1.165, 1.54) is 59.7 Å². The molecule has 0 saturated carbocycles. The van der Waals surface area contributed by atoms with Gasteiger partial charge in [-0.3, -0.25) is 0 Å². The van der Waals surface area contributed by atoms with Crippen LogP contribution in [0.2, 0.25) is 0 Å². The van der Waals surface area contributed by atoms with Crippen LogP contribution in [0.25, 0.3) is 170 Å². The first-order chi connectivity index (χ1) is 69.5. The van der Waals surface area contributed by atoms with Crippen LogP contribution in [0.4, 0.5) is 68.2 Å². The van der Waals surface area contributed by atoms with Gasteiger partial charge in [-0.1, -0.05) is 297 Å². The zero-order valence-corrected chi connectivity index (χ0v) is 76.1. The molecule has 10 heteroatoms. The summed E-state index contributed by atoms with van der Waals surface area (Å²) in [5, 5.41) is 16.4. The van der Waals surface area contributed by atoms with E-state index >= 15 is 0 Å². The van der Waals surface area contributed by atoms with Crippen LogP contribution in [-0.4, -0.2) is 13.7 Å². The molecule has 28 aromatic rings. The van der Waals surface area contributed by atoms with Crippen molar-refractivity contribution < 1.29 is 13.3 Å². The minimum atomic E-state index is 0.862. The molecule has 10 nitrogen and oxygen atoms in total. The summed E-state index contributed by atoms with van der Waals surface area (Å²) >= 11 is 0. The number of hydrogen-bond acceptors (Lipinski definition) is 7. The average molecular weight is 1800 g/mol. The molecule has 28 rings (SSSR count). The average Bonchev–Trinajstić information content (AvgIpc) is 1.57. The molecular formula is C130H87N7O3. The second kappa shape index (κ2) is 34.8. The minimum absolute atomic E-state index is 0.862. The third-order valence-corrected chi connectivity index (χ3v) is 27.2. The molecule has 0 fully saturated rings. The predicted molar refractivity (Wildman–Crippen MR) is 586 cm³/mol. The van der Waals surface area contributed by atoms with Crippen molar-refractivity contribution in [2.24, 2.45) is 0 Å². The van der Waals surface area contributed by atoms with Gasteiger partial charge in [-0.25, -0.2) is 0 Å². The molecule has 0 amide bonds. The first-order valence-electron chi connectivity index (χ1n) is 47.5. The first kappa shape index (κ1) is 81.8. The van der Waals surface area contributed by atoms with Gasteiger partial charge in [0.15, 0.2) is 0 Å². The van der Waals surface area contributed by atoms with E-state index in [0.717, 1.165) is 179 Å². The molecule has 660 valence electrons. The monoisotopic (exact) mass is 1790 g/mol. The van der Waals surface area contributed by atoms with Crippen LogP contribution in [0.1, 0.15) is 0 Å². The number of anilines is 12. The van der Waals surface area contributed by atoms with Crippen LogP contribution in [0.3, 0.4) is 0 Å². The van der Waals surface area contributed by atoms with E-state index in [2.05, 4.69) is 543 Å². The lowest BCUT2D eigenvalue weighted by Gasteiger charge is -2.30. The van der Waals surface area contributed by atoms with Crippen LogP contribution in [-0.2, 0) is 0 Å². The quantitative estimate of drug-likeness (QED) is 0.0955. The number of rotatable bonds is 16. The summed E-state index contributed by atoms with van der Waals surface area (Å²) in [5.74, 6) is 0. The van der Waals surface area contributed by atoms with Crippen molar-refractivity contribution in [1.82, 2.24) is 13.7 Å². The zero-order chi connectivity index (χ0) is 92.5. The molecule has 0 aliphatic rings. The molecule has 0 saturated heterocycles. The fraction of sp³-hybridized carbons (Fsp3) is 0. The Morgan fingerprint density at radius 1 is 0.136 bits per heavy atom. The van der Waals surface area contributed by atoms with Gasteiger partial charge in [-0.05, 0) is 269 Å². The Hall–Kier alpha value is -18.9. The number of nitrogens with zero attached hydrogens (tertiary/aromatic N) is 7. The van der Waals surface area contributed by atoms with Gasteiger partial charge in [-0.2, -0.15) is 0 Å². The molecule has 0 aliphatic carbocycles. The number of para-hydroxylation sites is 9. The van der Waals surface area contributed by atoms with Gasteiger partial charge >= 0.3 is 0 Å². The molecule has 22 aromatic carbocycles. The summed E-state index contributed by atoms with van der Waals surface area (Å²) in [6.07, 6.45) is 0. The topological polar surface area (TPSA) is 67.2 Å². The molecule has 6 heterocycles. The van der Waals surface area contributed by atoms with Crippen molar-refractivity contribution in [2.75, 3.05) is 19.6 Å². The van der Waals surface area contributed by atoms with Crippen molar-refractivity contribution in [2.45, 2.75) is 0 Å². The number of fused-ring (bicyclic) bond motifs is 7. The maximum absolute atomic E-state index is 6.70. The van der Waals surface area contributed by atoms with E-state index in [9.17, 15) is 0 Å². The Kier molecular flexibility index (Phi) is 20.4. The molecule has 140 heavy (non-hydrogen) atoms. The van der Waals surface area contributed by atoms with E-state index in [4.69, 9.17) is 13.3 Å². The maximum Gasteiger partial charge on any atom is 0.137 e. The molecule has 0 aliphatic heterocycles. The molecule has 0 spiro atoms. The number of aromatic nitrogens is 3. The molecule has 0 N–H and O–H groups in total. The predicted octanol–water partition coefficient (Wildman–Crippen LogP) is 36.7. The fourth-order valence-corrected chi connectivity index (χ4v) is 21.2. The first-order valence-corrected chi connectivity index (χ1v) is 47.5. The summed E-state index contributed by atoms with van der Waals surface area (Å²) < 4.78 is 26.9. The summed E-state index contributed by atoms with van der Waals surface area (Å²) in [6, 6.07) is 187. The zero-order valence-electron chi connectivity index (χ0n) is 76.1. The highest BCUT2D eigenvalue weighted by molar-refractivity contribution is 6.30. The summed E-state index contributed by atoms with van der Waals surface area (Å²) in [5.41, 5.74) is 30.8. The van der Waals surface area contributed by atoms with Gasteiger partial charge in [0, 0.05) is 101 Å². The van der Waals surface area contributed by atoms with Crippen LogP contribution < -0.4 is 19.6 Å². The van der Waals surface area contributed by atoms with Gasteiger partial charge in [0.1, 0.15) is 33.5 Å². The summed E-state index contributed by atoms with van der Waals surface area (Å²) in [7, 11) is 0. The standard InChI is InChI=1S/C48H33N3O.C42H28N2O.C40H26N2O/c1-5-17-34(18-6-1)49(35-19-7-2-8-20-35)38-31-39(50(36-21-9-3-10-22-36)37-23-11-4-12-24-37)33-40(32-38)51-43-27-15-26-42-41-25-13-14-29-45(41)52-46-30-16-28-44(51)48(46)47(42)43;1-3-12-29(13-4-1)30-24-26-32(27-25-30)43(31-14-5-2-6-15-31)33-16-9-17-34(28-33)44-37-20-10-19-36-35-18-7-8-22-39(35)45-40-23-11-21-38(44)42(40)41(36)37;1-2-12-29(13-3-1)41(32-21-20-27-10-4-5-11-28(27)26-32)30-22-24-31(25-23-30)42-35-16-8-15-34-33-14-6-7-18-37(33)43-38-19-9-17-36(42)40(38)39(34)35/h1-33H;1-28H;1-26H. The Morgan fingerprint density at radius 2 is 0.393 bits per heavy atom. The fourth-order valence-electron chi connectivity index (χ4n) is 21.2. The normalized spacial score (nSPS) is 11.6. The maximum atomic E-state index is 6.70. The Morgan fingerprint density at radius 3 is 0.793 bits per heavy atom. The molecule has 6 aromatic heterocycles. The lowest BCUT2D eigenvalue weighted by molar-refractivity contribution is 0.663. The highest BCUT2D eigenvalue weighted by Crippen LogP contribution is 2.50. The van der Waals surface area contributed by atoms with Gasteiger partial charge < -0.3 is 46.6 Å². The third kappa shape index (κ3) is 14.4. The number of benzene rings is 22. The molecule has 0 radical (unpaired) electrons. The van der Waals surface area contributed by atoms with Crippen LogP contribution in [0, 0.1) is 0 Å². The second-order valence-corrected chi connectivity index (χ2v) is 35.4. The van der Waals surface area contributed by atoms with Crippen molar-refractivity contribution in [1.29, 1.82) is 0 Å². The molecular weight excluding hydrogens is 1710 g/mol. The largest absolute Gasteiger partial charge is 0.456 e. The van der Waals surface area contributed by atoms with Crippen molar-refractivity contribution in [3.05, 3.63) is 528 Å². The highest BCUT2D eigenvalue weighted by Gasteiger charge is 2.28.